The quantitative estimate of drug-likeness (QED) is 0.824. The lowest BCUT2D eigenvalue weighted by atomic mass is 9.80. The smallest absolute Gasteiger partial charge is 0.238 e. The van der Waals surface area contributed by atoms with Gasteiger partial charge in [0.2, 0.25) is 11.7 Å². The third-order valence-corrected chi connectivity index (χ3v) is 4.04. The molecule has 1 aliphatic carbocycles. The van der Waals surface area contributed by atoms with Gasteiger partial charge >= 0.3 is 0 Å². The van der Waals surface area contributed by atoms with E-state index < -0.39 is 0 Å². The highest BCUT2D eigenvalue weighted by molar-refractivity contribution is 5.41. The van der Waals surface area contributed by atoms with E-state index in [9.17, 15) is 0 Å². The van der Waals surface area contributed by atoms with Crippen molar-refractivity contribution in [2.45, 2.75) is 43.9 Å². The molecular weight excluding hydrogens is 242 g/mol. The molecule has 6 nitrogen and oxygen atoms in total. The van der Waals surface area contributed by atoms with Gasteiger partial charge in [-0.1, -0.05) is 30.8 Å². The van der Waals surface area contributed by atoms with Crippen LogP contribution in [-0.4, -0.2) is 26.7 Å². The van der Waals surface area contributed by atoms with Crippen LogP contribution in [0.2, 0.25) is 0 Å². The van der Waals surface area contributed by atoms with Gasteiger partial charge in [-0.3, -0.25) is 0 Å². The summed E-state index contributed by atoms with van der Waals surface area (Å²) in [6.45, 7) is 0.562. The summed E-state index contributed by atoms with van der Waals surface area (Å²) >= 11 is 0. The van der Waals surface area contributed by atoms with Crippen molar-refractivity contribution in [2.75, 3.05) is 6.54 Å². The zero-order valence-corrected chi connectivity index (χ0v) is 10.9. The van der Waals surface area contributed by atoms with Crippen molar-refractivity contribution in [1.29, 1.82) is 0 Å². The molecule has 6 heteroatoms. The molecule has 3 rings (SSSR count). The number of hydrogen-bond acceptors (Lipinski definition) is 5. The van der Waals surface area contributed by atoms with Gasteiger partial charge in [-0.15, -0.1) is 0 Å². The summed E-state index contributed by atoms with van der Waals surface area (Å²) < 4.78 is 5.48. The molecule has 0 saturated heterocycles. The first kappa shape index (κ1) is 12.3. The third kappa shape index (κ3) is 2.28. The van der Waals surface area contributed by atoms with E-state index in [1.165, 1.54) is 25.7 Å². The van der Waals surface area contributed by atoms with E-state index in [1.807, 2.05) is 0 Å². The number of hydrogen-bond donors (Lipinski definition) is 2. The molecule has 0 bridgehead atoms. The number of H-pyrrole nitrogens is 1. The van der Waals surface area contributed by atoms with Crippen LogP contribution in [0, 0.1) is 0 Å². The minimum Gasteiger partial charge on any atom is -0.342 e. The first-order valence-corrected chi connectivity index (χ1v) is 6.88. The first-order valence-electron chi connectivity index (χ1n) is 6.88. The third-order valence-electron chi connectivity index (χ3n) is 4.04. The van der Waals surface area contributed by atoms with Gasteiger partial charge in [-0.25, -0.2) is 4.98 Å². The molecule has 3 N–H and O–H groups in total. The molecule has 0 unspecified atom stereocenters. The Morgan fingerprint density at radius 1 is 1.26 bits per heavy atom. The zero-order valence-electron chi connectivity index (χ0n) is 10.9. The summed E-state index contributed by atoms with van der Waals surface area (Å²) in [5, 5.41) is 4.02. The van der Waals surface area contributed by atoms with E-state index >= 15 is 0 Å². The van der Waals surface area contributed by atoms with Crippen LogP contribution in [0.15, 0.2) is 16.9 Å². The highest BCUT2D eigenvalue weighted by atomic mass is 16.5. The van der Waals surface area contributed by atoms with Gasteiger partial charge < -0.3 is 15.2 Å². The van der Waals surface area contributed by atoms with Gasteiger partial charge in [0.15, 0.2) is 5.82 Å². The molecule has 102 valence electrons. The van der Waals surface area contributed by atoms with Crippen molar-refractivity contribution in [3.63, 3.8) is 0 Å². The van der Waals surface area contributed by atoms with Gasteiger partial charge in [0, 0.05) is 18.9 Å². The summed E-state index contributed by atoms with van der Waals surface area (Å²) in [7, 11) is 0. The molecule has 0 amide bonds. The lowest BCUT2D eigenvalue weighted by molar-refractivity contribution is 0.257. The molecule has 2 heterocycles. The predicted molar refractivity (Wildman–Crippen MR) is 70.3 cm³/mol. The maximum absolute atomic E-state index is 6.02. The summed E-state index contributed by atoms with van der Waals surface area (Å²) in [4.78, 5) is 11.6. The lowest BCUT2D eigenvalue weighted by Gasteiger charge is -2.26. The van der Waals surface area contributed by atoms with Crippen LogP contribution in [0.1, 0.15) is 44.4 Å². The van der Waals surface area contributed by atoms with Crippen LogP contribution in [0.5, 0.6) is 0 Å². The average Bonchev–Trinajstić information content (AvgIpc) is 3.06. The summed E-state index contributed by atoms with van der Waals surface area (Å²) in [6, 6.07) is 0. The number of imidazole rings is 1. The van der Waals surface area contributed by atoms with E-state index in [-0.39, 0.29) is 5.41 Å². The normalized spacial score (nSPS) is 19.2. The molecule has 0 spiro atoms. The molecule has 2 aromatic heterocycles. The Hall–Kier alpha value is -1.69. The van der Waals surface area contributed by atoms with E-state index in [4.69, 9.17) is 10.3 Å². The summed E-state index contributed by atoms with van der Waals surface area (Å²) in [6.07, 6.45) is 10.4. The molecule has 0 aliphatic heterocycles. The van der Waals surface area contributed by atoms with Crippen LogP contribution in [0.25, 0.3) is 11.6 Å². The molecule has 2 aromatic rings. The molecule has 0 atom stereocenters. The van der Waals surface area contributed by atoms with Gasteiger partial charge in [-0.05, 0) is 12.8 Å². The van der Waals surface area contributed by atoms with Crippen molar-refractivity contribution in [1.82, 2.24) is 20.1 Å². The Morgan fingerprint density at radius 2 is 2.05 bits per heavy atom. The fourth-order valence-electron chi connectivity index (χ4n) is 2.83. The van der Waals surface area contributed by atoms with E-state index in [0.717, 1.165) is 12.8 Å². The zero-order chi connectivity index (χ0) is 13.1. The topological polar surface area (TPSA) is 93.6 Å². The molecule has 1 fully saturated rings. The highest BCUT2D eigenvalue weighted by Gasteiger charge is 2.37. The van der Waals surface area contributed by atoms with Crippen molar-refractivity contribution >= 4 is 0 Å². The Labute approximate surface area is 111 Å². The first-order chi connectivity index (χ1) is 9.34. The van der Waals surface area contributed by atoms with E-state index in [0.29, 0.717) is 24.1 Å². The van der Waals surface area contributed by atoms with Crippen LogP contribution in [0.3, 0.4) is 0 Å². The van der Waals surface area contributed by atoms with Crippen LogP contribution >= 0.6 is 0 Å². The largest absolute Gasteiger partial charge is 0.342 e. The summed E-state index contributed by atoms with van der Waals surface area (Å²) in [5.41, 5.74) is 5.87. The Balaban J connectivity index is 1.91. The number of nitrogens with one attached hydrogen (secondary N) is 1. The van der Waals surface area contributed by atoms with E-state index in [1.54, 1.807) is 12.4 Å². The van der Waals surface area contributed by atoms with Crippen LogP contribution in [0.4, 0.5) is 0 Å². The van der Waals surface area contributed by atoms with Gasteiger partial charge in [-0.2, -0.15) is 4.98 Å². The fourth-order valence-corrected chi connectivity index (χ4v) is 2.83. The van der Waals surface area contributed by atoms with E-state index in [2.05, 4.69) is 20.1 Å². The number of aromatic nitrogens is 4. The maximum atomic E-state index is 6.02. The van der Waals surface area contributed by atoms with Crippen molar-refractivity contribution in [3.8, 4) is 11.6 Å². The van der Waals surface area contributed by atoms with Gasteiger partial charge in [0.25, 0.3) is 0 Å². The van der Waals surface area contributed by atoms with Crippen molar-refractivity contribution < 1.29 is 4.52 Å². The van der Waals surface area contributed by atoms with Crippen molar-refractivity contribution in [2.24, 2.45) is 5.73 Å². The Bertz CT molecular complexity index is 511. The fraction of sp³-hybridized carbons (Fsp3) is 0.615. The van der Waals surface area contributed by atoms with Crippen LogP contribution < -0.4 is 5.73 Å². The summed E-state index contributed by atoms with van der Waals surface area (Å²) in [5.74, 6) is 1.82. The highest BCUT2D eigenvalue weighted by Crippen LogP contribution is 2.37. The lowest BCUT2D eigenvalue weighted by Crippen LogP contribution is -2.35. The minimum atomic E-state index is -0.145. The second-order valence-electron chi connectivity index (χ2n) is 5.26. The van der Waals surface area contributed by atoms with Crippen LogP contribution in [-0.2, 0) is 5.41 Å². The number of aromatic amines is 1. The molecule has 1 aliphatic rings. The molecule has 0 aromatic carbocycles. The SMILES string of the molecule is NCC1(c2nc(-c3ncc[nH]3)no2)CCCCCC1. The molecule has 1 saturated carbocycles. The monoisotopic (exact) mass is 261 g/mol. The average molecular weight is 261 g/mol. The maximum Gasteiger partial charge on any atom is 0.238 e. The Morgan fingerprint density at radius 3 is 2.68 bits per heavy atom. The van der Waals surface area contributed by atoms with Gasteiger partial charge in [0.1, 0.15) is 0 Å². The molecule has 0 radical (unpaired) electrons. The number of rotatable bonds is 3. The molecule has 19 heavy (non-hydrogen) atoms. The Kier molecular flexibility index (Phi) is 3.33. The molecular formula is C13H19N5O. The van der Waals surface area contributed by atoms with Crippen molar-refractivity contribution in [3.05, 3.63) is 18.3 Å². The second kappa shape index (κ2) is 5.13. The predicted octanol–water partition coefficient (Wildman–Crippen LogP) is 2.01. The number of nitrogens with two attached hydrogens (primary N) is 1. The second-order valence-corrected chi connectivity index (χ2v) is 5.26. The minimum absolute atomic E-state index is 0.145. The van der Waals surface area contributed by atoms with Gasteiger partial charge in [0.05, 0.1) is 5.41 Å². The number of nitrogens with zero attached hydrogens (tertiary/aromatic N) is 3. The standard InChI is InChI=1S/C13H19N5O/c14-9-13(5-3-1-2-4-6-13)12-17-11(18-19-12)10-15-7-8-16-10/h7-8H,1-6,9,14H2,(H,15,16).